The van der Waals surface area contributed by atoms with Crippen LogP contribution in [0.2, 0.25) is 0 Å². The third kappa shape index (κ3) is 11.2. The van der Waals surface area contributed by atoms with E-state index in [9.17, 15) is 14.4 Å². The van der Waals surface area contributed by atoms with Crippen LogP contribution in [0.3, 0.4) is 0 Å². The molecule has 0 aliphatic carbocycles. The number of carbonyl (C=O) groups excluding carboxylic acids is 1. The zero-order valence-electron chi connectivity index (χ0n) is 22.7. The van der Waals surface area contributed by atoms with E-state index in [4.69, 9.17) is 25.4 Å². The summed E-state index contributed by atoms with van der Waals surface area (Å²) in [4.78, 5) is 39.5. The molecule has 216 valence electrons. The molecule has 3 aromatic rings. The molecule has 0 fully saturated rings. The number of thiazole rings is 1. The van der Waals surface area contributed by atoms with Gasteiger partial charge in [0, 0.05) is 23.9 Å². The number of aliphatic hydroxyl groups excluding tert-OH is 2. The van der Waals surface area contributed by atoms with Crippen LogP contribution < -0.4 is 5.32 Å². The number of aryl methyl sites for hydroxylation is 1. The lowest BCUT2D eigenvalue weighted by Gasteiger charge is -2.21. The summed E-state index contributed by atoms with van der Waals surface area (Å²) in [5, 5.41) is 36.1. The quantitative estimate of drug-likeness (QED) is 0.195. The first kappa shape index (κ1) is 32.6. The van der Waals surface area contributed by atoms with Crippen molar-refractivity contribution in [3.05, 3.63) is 71.1 Å². The van der Waals surface area contributed by atoms with Gasteiger partial charge in [-0.05, 0) is 44.3 Å². The minimum atomic E-state index is -2.27. The topological polar surface area (TPSA) is 160 Å². The van der Waals surface area contributed by atoms with Crippen molar-refractivity contribution in [3.8, 4) is 11.3 Å². The Labute approximate surface area is 237 Å². The lowest BCUT2D eigenvalue weighted by atomic mass is 10.1. The molecule has 0 radical (unpaired) electrons. The smallest absolute Gasteiger partial charge is 0.335 e. The molecule has 2 unspecified atom stereocenters. The molecule has 40 heavy (non-hydrogen) atoms. The van der Waals surface area contributed by atoms with Gasteiger partial charge in [0.2, 0.25) is 5.91 Å². The van der Waals surface area contributed by atoms with Crippen molar-refractivity contribution in [3.63, 3.8) is 0 Å². The molecule has 2 aromatic carbocycles. The zero-order chi connectivity index (χ0) is 29.5. The van der Waals surface area contributed by atoms with E-state index < -0.39 is 24.1 Å². The van der Waals surface area contributed by atoms with Crippen molar-refractivity contribution in [2.24, 2.45) is 0 Å². The number of nitrogens with zero attached hydrogens (tertiary/aromatic N) is 2. The Bertz CT molecular complexity index is 1190. The number of amides is 1. The number of carbonyl (C=O) groups is 3. The number of aromatic nitrogens is 1. The van der Waals surface area contributed by atoms with Gasteiger partial charge in [-0.2, -0.15) is 0 Å². The summed E-state index contributed by atoms with van der Waals surface area (Å²) < 4.78 is 0. The van der Waals surface area contributed by atoms with Crippen LogP contribution >= 0.6 is 11.3 Å². The van der Waals surface area contributed by atoms with Crippen molar-refractivity contribution in [1.82, 2.24) is 9.88 Å². The number of aliphatic carboxylic acids is 2. The van der Waals surface area contributed by atoms with E-state index in [1.54, 1.807) is 11.3 Å². The first-order chi connectivity index (χ1) is 19.1. The Balaban J connectivity index is 0.000000478. The highest BCUT2D eigenvalue weighted by Crippen LogP contribution is 2.32. The van der Waals surface area contributed by atoms with Crippen LogP contribution in [0.25, 0.3) is 11.3 Å². The lowest BCUT2D eigenvalue weighted by Crippen LogP contribution is -2.39. The number of carboxylic acids is 2. The van der Waals surface area contributed by atoms with E-state index in [2.05, 4.69) is 59.6 Å². The van der Waals surface area contributed by atoms with Crippen LogP contribution in [0.5, 0.6) is 0 Å². The number of nitrogens with one attached hydrogen (secondary N) is 1. The Morgan fingerprint density at radius 2 is 1.45 bits per heavy atom. The zero-order valence-corrected chi connectivity index (χ0v) is 23.5. The first-order valence-electron chi connectivity index (χ1n) is 13.0. The van der Waals surface area contributed by atoms with E-state index in [1.807, 2.05) is 18.2 Å². The van der Waals surface area contributed by atoms with Crippen molar-refractivity contribution in [1.29, 1.82) is 0 Å². The molecular formula is C29H37N3O7S. The fourth-order valence-corrected chi connectivity index (χ4v) is 4.94. The van der Waals surface area contributed by atoms with Gasteiger partial charge < -0.3 is 30.6 Å². The monoisotopic (exact) mass is 571 g/mol. The van der Waals surface area contributed by atoms with Gasteiger partial charge in [-0.1, -0.05) is 67.6 Å². The van der Waals surface area contributed by atoms with E-state index >= 15 is 0 Å². The second kappa shape index (κ2) is 17.1. The predicted octanol–water partition coefficient (Wildman–Crippen LogP) is 3.53. The maximum absolute atomic E-state index is 11.5. The molecule has 1 amide bonds. The van der Waals surface area contributed by atoms with Crippen molar-refractivity contribution in [2.75, 3.05) is 25.0 Å². The van der Waals surface area contributed by atoms with Gasteiger partial charge in [0.25, 0.3) is 0 Å². The highest BCUT2D eigenvalue weighted by Gasteiger charge is 2.29. The average molecular weight is 572 g/mol. The van der Waals surface area contributed by atoms with Gasteiger partial charge >= 0.3 is 11.9 Å². The van der Waals surface area contributed by atoms with E-state index in [0.717, 1.165) is 56.6 Å². The summed E-state index contributed by atoms with van der Waals surface area (Å²) in [6.45, 7) is 7.05. The number of benzene rings is 2. The second-order valence-electron chi connectivity index (χ2n) is 9.08. The molecule has 0 saturated carbocycles. The second-order valence-corrected chi connectivity index (χ2v) is 10.2. The number of hydrogen-bond donors (Lipinski definition) is 5. The van der Waals surface area contributed by atoms with Crippen molar-refractivity contribution < 1.29 is 34.8 Å². The number of rotatable bonds is 14. The fraction of sp³-hybridized carbons (Fsp3) is 0.379. The summed E-state index contributed by atoms with van der Waals surface area (Å²) in [7, 11) is 0. The molecule has 5 N–H and O–H groups in total. The number of hydrogen-bond acceptors (Lipinski definition) is 8. The summed E-state index contributed by atoms with van der Waals surface area (Å²) in [6, 6.07) is 20.9. The maximum atomic E-state index is 11.5. The van der Waals surface area contributed by atoms with Crippen molar-refractivity contribution >= 4 is 34.3 Å². The normalized spacial score (nSPS) is 12.2. The number of anilines is 1. The molecule has 11 heteroatoms. The standard InChI is InChI=1S/C25H31N3OS.C4H6O6/c1-3-17-28(19-16-21-11-6-4-7-12-21)18-10-15-23-24(22-13-8-5-9-14-22)27-25(30-23)26-20(2)29;5-1(3(7)8)2(6)4(9)10/h4-9,11-14H,3,10,15-19H2,1-2H3,(H,26,27,29);1-2,5-6H,(H,7,8)(H,9,10). The Kier molecular flexibility index (Phi) is 14.0. The van der Waals surface area contributed by atoms with Gasteiger partial charge in [-0.25, -0.2) is 14.6 Å². The fourth-order valence-electron chi connectivity index (χ4n) is 3.86. The molecule has 2 atom stereocenters. The van der Waals surface area contributed by atoms with E-state index in [1.165, 1.54) is 17.4 Å². The molecular weight excluding hydrogens is 534 g/mol. The third-order valence-electron chi connectivity index (χ3n) is 5.81. The molecule has 1 aromatic heterocycles. The summed E-state index contributed by atoms with van der Waals surface area (Å²) >= 11 is 1.60. The Morgan fingerprint density at radius 3 is 1.98 bits per heavy atom. The van der Waals surface area contributed by atoms with Crippen LogP contribution in [-0.2, 0) is 27.2 Å². The van der Waals surface area contributed by atoms with Gasteiger partial charge in [-0.3, -0.25) is 4.79 Å². The summed E-state index contributed by atoms with van der Waals surface area (Å²) in [5.74, 6) is -3.62. The van der Waals surface area contributed by atoms with Crippen LogP contribution in [0.4, 0.5) is 5.13 Å². The number of carboxylic acid groups (broad SMARTS) is 2. The number of aliphatic hydroxyl groups is 2. The van der Waals surface area contributed by atoms with Gasteiger partial charge in [0.1, 0.15) is 0 Å². The van der Waals surface area contributed by atoms with Crippen LogP contribution in [0.15, 0.2) is 60.7 Å². The minimum Gasteiger partial charge on any atom is -0.479 e. The van der Waals surface area contributed by atoms with E-state index in [0.29, 0.717) is 5.13 Å². The molecule has 0 aliphatic rings. The Hall–Kier alpha value is -3.64. The van der Waals surface area contributed by atoms with Crippen LogP contribution in [0.1, 0.15) is 37.1 Å². The summed E-state index contributed by atoms with van der Waals surface area (Å²) in [5.41, 5.74) is 3.50. The van der Waals surface area contributed by atoms with Gasteiger partial charge in [-0.15, -0.1) is 11.3 Å². The predicted molar refractivity (Wildman–Crippen MR) is 154 cm³/mol. The molecule has 1 heterocycles. The molecule has 0 spiro atoms. The largest absolute Gasteiger partial charge is 0.479 e. The van der Waals surface area contributed by atoms with Crippen LogP contribution in [-0.4, -0.2) is 80.0 Å². The first-order valence-corrected chi connectivity index (χ1v) is 13.8. The highest BCUT2D eigenvalue weighted by molar-refractivity contribution is 7.16. The minimum absolute atomic E-state index is 0.0788. The maximum Gasteiger partial charge on any atom is 0.335 e. The van der Waals surface area contributed by atoms with Gasteiger partial charge in [0.15, 0.2) is 17.3 Å². The third-order valence-corrected chi connectivity index (χ3v) is 6.84. The average Bonchev–Trinajstić information content (AvgIpc) is 3.33. The summed E-state index contributed by atoms with van der Waals surface area (Å²) in [6.07, 6.45) is -0.237. The molecule has 0 aliphatic heterocycles. The molecule has 0 bridgehead atoms. The molecule has 0 saturated heterocycles. The lowest BCUT2D eigenvalue weighted by molar-refractivity contribution is -0.165. The Morgan fingerprint density at radius 1 is 0.875 bits per heavy atom. The SMILES string of the molecule is CCCN(CCCc1sc(NC(C)=O)nc1-c1ccccc1)CCc1ccccc1.O=C(O)C(O)C(O)C(=O)O. The molecule has 10 nitrogen and oxygen atoms in total. The van der Waals surface area contributed by atoms with Crippen LogP contribution in [0, 0.1) is 0 Å². The molecule has 3 rings (SSSR count). The van der Waals surface area contributed by atoms with Crippen molar-refractivity contribution in [2.45, 2.75) is 51.7 Å². The highest BCUT2D eigenvalue weighted by atomic mass is 32.1. The van der Waals surface area contributed by atoms with E-state index in [-0.39, 0.29) is 5.91 Å². The van der Waals surface area contributed by atoms with Gasteiger partial charge in [0.05, 0.1) is 5.69 Å².